The van der Waals surface area contributed by atoms with E-state index in [1.54, 1.807) is 12.1 Å². The van der Waals surface area contributed by atoms with Crippen LogP contribution in [0.4, 0.5) is 0 Å². The van der Waals surface area contributed by atoms with Gasteiger partial charge in [-0.2, -0.15) is 0 Å². The van der Waals surface area contributed by atoms with E-state index in [4.69, 9.17) is 14.2 Å². The number of rotatable bonds is 10. The Labute approximate surface area is 177 Å². The molecule has 0 unspecified atom stereocenters. The molecule has 7 nitrogen and oxygen atoms in total. The van der Waals surface area contributed by atoms with Gasteiger partial charge in [0.25, 0.3) is 5.91 Å². The molecule has 0 aliphatic heterocycles. The van der Waals surface area contributed by atoms with Crippen molar-refractivity contribution < 1.29 is 19.0 Å². The van der Waals surface area contributed by atoms with E-state index in [0.29, 0.717) is 55.6 Å². The molecule has 3 aromatic rings. The fourth-order valence-electron chi connectivity index (χ4n) is 3.20. The zero-order chi connectivity index (χ0) is 21.5. The Morgan fingerprint density at radius 1 is 1.00 bits per heavy atom. The predicted octanol–water partition coefficient (Wildman–Crippen LogP) is 3.81. The highest BCUT2D eigenvalue weighted by Crippen LogP contribution is 2.39. The van der Waals surface area contributed by atoms with Crippen molar-refractivity contribution in [3.8, 4) is 17.2 Å². The van der Waals surface area contributed by atoms with Crippen LogP contribution in [0.3, 0.4) is 0 Å². The number of aromatic nitrogens is 2. The van der Waals surface area contributed by atoms with E-state index in [1.807, 2.05) is 56.6 Å². The molecule has 3 rings (SSSR count). The molecule has 160 valence electrons. The van der Waals surface area contributed by atoms with Gasteiger partial charge in [0.05, 0.1) is 25.5 Å². The van der Waals surface area contributed by atoms with Crippen molar-refractivity contribution in [3.05, 3.63) is 53.5 Å². The molecule has 2 aromatic heterocycles. The molecule has 0 aliphatic carbocycles. The monoisotopic (exact) mass is 411 g/mol. The van der Waals surface area contributed by atoms with Crippen molar-refractivity contribution in [2.75, 3.05) is 26.4 Å². The number of carbonyl (C=O) groups is 1. The number of ether oxygens (including phenoxy) is 3. The third-order valence-corrected chi connectivity index (χ3v) is 4.49. The maximum Gasteiger partial charge on any atom is 0.251 e. The number of amides is 1. The Morgan fingerprint density at radius 3 is 2.30 bits per heavy atom. The standard InChI is InChI=1S/C23H29N3O4/c1-5-28-19-12-17(13-20(29-6-2)22(19)30-7-3)23(27)24-11-10-18-15-26-14-16(4)8-9-21(26)25-18/h8-9,12-15H,5-7,10-11H2,1-4H3,(H,24,27). The Bertz CT molecular complexity index is 986. The third kappa shape index (κ3) is 5.03. The summed E-state index contributed by atoms with van der Waals surface area (Å²) in [7, 11) is 0. The molecule has 7 heteroatoms. The molecule has 1 N–H and O–H groups in total. The van der Waals surface area contributed by atoms with E-state index in [9.17, 15) is 4.79 Å². The summed E-state index contributed by atoms with van der Waals surface area (Å²) in [5.41, 5.74) is 3.47. The van der Waals surface area contributed by atoms with Gasteiger partial charge in [-0.15, -0.1) is 0 Å². The summed E-state index contributed by atoms with van der Waals surface area (Å²) in [6.45, 7) is 9.59. The van der Waals surface area contributed by atoms with Gasteiger partial charge in [-0.25, -0.2) is 4.98 Å². The minimum Gasteiger partial charge on any atom is -0.490 e. The summed E-state index contributed by atoms with van der Waals surface area (Å²) < 4.78 is 19.1. The Balaban J connectivity index is 1.71. The normalized spacial score (nSPS) is 10.8. The zero-order valence-electron chi connectivity index (χ0n) is 18.0. The second-order valence-corrected chi connectivity index (χ2v) is 6.81. The summed E-state index contributed by atoms with van der Waals surface area (Å²) >= 11 is 0. The number of hydrogen-bond acceptors (Lipinski definition) is 5. The van der Waals surface area contributed by atoms with Crippen LogP contribution in [0.2, 0.25) is 0 Å². The van der Waals surface area contributed by atoms with E-state index >= 15 is 0 Å². The van der Waals surface area contributed by atoms with Crippen LogP contribution in [0.15, 0.2) is 36.7 Å². The average Bonchev–Trinajstić information content (AvgIpc) is 3.12. The molecule has 1 aromatic carbocycles. The van der Waals surface area contributed by atoms with Crippen molar-refractivity contribution in [1.29, 1.82) is 0 Å². The van der Waals surface area contributed by atoms with Crippen LogP contribution >= 0.6 is 0 Å². The lowest BCUT2D eigenvalue weighted by Crippen LogP contribution is -2.26. The lowest BCUT2D eigenvalue weighted by Gasteiger charge is -2.17. The third-order valence-electron chi connectivity index (χ3n) is 4.49. The number of benzene rings is 1. The molecule has 2 heterocycles. The van der Waals surface area contributed by atoms with Gasteiger partial charge in [0.15, 0.2) is 11.5 Å². The number of hydrogen-bond donors (Lipinski definition) is 1. The van der Waals surface area contributed by atoms with Gasteiger partial charge >= 0.3 is 0 Å². The average molecular weight is 412 g/mol. The van der Waals surface area contributed by atoms with Crippen LogP contribution in [-0.4, -0.2) is 41.7 Å². The fourth-order valence-corrected chi connectivity index (χ4v) is 3.20. The lowest BCUT2D eigenvalue weighted by atomic mass is 10.1. The van der Waals surface area contributed by atoms with Crippen LogP contribution < -0.4 is 19.5 Å². The number of carbonyl (C=O) groups excluding carboxylic acids is 1. The first-order valence-electron chi connectivity index (χ1n) is 10.3. The van der Waals surface area contributed by atoms with Gasteiger partial charge < -0.3 is 23.9 Å². The van der Waals surface area contributed by atoms with Gasteiger partial charge in [0.2, 0.25) is 5.75 Å². The van der Waals surface area contributed by atoms with Crippen LogP contribution in [0.1, 0.15) is 42.4 Å². The molecular weight excluding hydrogens is 382 g/mol. The fraction of sp³-hybridized carbons (Fsp3) is 0.391. The molecule has 30 heavy (non-hydrogen) atoms. The van der Waals surface area contributed by atoms with E-state index in [1.165, 1.54) is 5.56 Å². The summed E-state index contributed by atoms with van der Waals surface area (Å²) in [5, 5.41) is 2.95. The van der Waals surface area contributed by atoms with Crippen LogP contribution in [0, 0.1) is 6.92 Å². The zero-order valence-corrected chi connectivity index (χ0v) is 18.0. The second kappa shape index (κ2) is 10.0. The molecule has 0 radical (unpaired) electrons. The van der Waals surface area contributed by atoms with Crippen molar-refractivity contribution >= 4 is 11.6 Å². The molecule has 0 aliphatic rings. The quantitative estimate of drug-likeness (QED) is 0.549. The Kier molecular flexibility index (Phi) is 7.17. The molecule has 0 bridgehead atoms. The summed E-state index contributed by atoms with van der Waals surface area (Å²) in [6, 6.07) is 7.41. The first kappa shape index (κ1) is 21.5. The van der Waals surface area contributed by atoms with Gasteiger partial charge in [0, 0.05) is 30.9 Å². The molecular formula is C23H29N3O4. The van der Waals surface area contributed by atoms with Crippen molar-refractivity contribution in [2.24, 2.45) is 0 Å². The van der Waals surface area contributed by atoms with Crippen molar-refractivity contribution in [2.45, 2.75) is 34.1 Å². The maximum absolute atomic E-state index is 12.7. The number of nitrogens with one attached hydrogen (secondary N) is 1. The predicted molar refractivity (Wildman–Crippen MR) is 116 cm³/mol. The van der Waals surface area contributed by atoms with E-state index in [0.717, 1.165) is 11.3 Å². The van der Waals surface area contributed by atoms with Gasteiger partial charge in [0.1, 0.15) is 5.65 Å². The van der Waals surface area contributed by atoms with E-state index in [2.05, 4.69) is 10.3 Å². The summed E-state index contributed by atoms with van der Waals surface area (Å²) in [4.78, 5) is 17.3. The number of fused-ring (bicyclic) bond motifs is 1. The molecule has 0 fully saturated rings. The summed E-state index contributed by atoms with van der Waals surface area (Å²) in [6.07, 6.45) is 4.67. The highest BCUT2D eigenvalue weighted by atomic mass is 16.5. The van der Waals surface area contributed by atoms with Crippen molar-refractivity contribution in [1.82, 2.24) is 14.7 Å². The number of imidazole rings is 1. The maximum atomic E-state index is 12.7. The van der Waals surface area contributed by atoms with Crippen molar-refractivity contribution in [3.63, 3.8) is 0 Å². The molecule has 0 saturated carbocycles. The van der Waals surface area contributed by atoms with Crippen LogP contribution in [0.25, 0.3) is 5.65 Å². The lowest BCUT2D eigenvalue weighted by molar-refractivity contribution is 0.0953. The molecule has 1 amide bonds. The van der Waals surface area contributed by atoms with E-state index in [-0.39, 0.29) is 5.91 Å². The number of pyridine rings is 1. The number of aryl methyl sites for hydroxylation is 1. The Hall–Kier alpha value is -3.22. The summed E-state index contributed by atoms with van der Waals surface area (Å²) in [5.74, 6) is 1.34. The minimum absolute atomic E-state index is 0.195. The smallest absolute Gasteiger partial charge is 0.251 e. The first-order valence-corrected chi connectivity index (χ1v) is 10.3. The SMILES string of the molecule is CCOc1cc(C(=O)NCCc2cn3cc(C)ccc3n2)cc(OCC)c1OCC. The second-order valence-electron chi connectivity index (χ2n) is 6.81. The van der Waals surface area contributed by atoms with E-state index < -0.39 is 0 Å². The van der Waals surface area contributed by atoms with Gasteiger partial charge in [-0.05, 0) is 51.5 Å². The van der Waals surface area contributed by atoms with Crippen LogP contribution in [-0.2, 0) is 6.42 Å². The molecule has 0 saturated heterocycles. The first-order chi connectivity index (χ1) is 14.5. The highest BCUT2D eigenvalue weighted by Gasteiger charge is 2.18. The van der Waals surface area contributed by atoms with Crippen LogP contribution in [0.5, 0.6) is 17.2 Å². The number of nitrogens with zero attached hydrogens (tertiary/aromatic N) is 2. The highest BCUT2D eigenvalue weighted by molar-refractivity contribution is 5.95. The Morgan fingerprint density at radius 2 is 1.67 bits per heavy atom. The minimum atomic E-state index is -0.195. The van der Waals surface area contributed by atoms with Gasteiger partial charge in [-0.1, -0.05) is 6.07 Å². The molecule has 0 atom stereocenters. The topological polar surface area (TPSA) is 74.1 Å². The molecule has 0 spiro atoms. The largest absolute Gasteiger partial charge is 0.490 e. The van der Waals surface area contributed by atoms with Gasteiger partial charge in [-0.3, -0.25) is 4.79 Å².